The maximum absolute atomic E-state index is 4.35. The van der Waals surface area contributed by atoms with E-state index in [9.17, 15) is 0 Å². The molecule has 0 bridgehead atoms. The topological polar surface area (TPSA) is 0 Å². The molecule has 0 amide bonds. The van der Waals surface area contributed by atoms with Crippen LogP contribution in [0.25, 0.3) is 0 Å². The Kier molecular flexibility index (Phi) is 7.72. The molecule has 0 saturated carbocycles. The van der Waals surface area contributed by atoms with Gasteiger partial charge in [0.25, 0.3) is 0 Å². The van der Waals surface area contributed by atoms with Gasteiger partial charge in [-0.2, -0.15) is 25.3 Å². The summed E-state index contributed by atoms with van der Waals surface area (Å²) in [6, 6.07) is 0. The van der Waals surface area contributed by atoms with Crippen LogP contribution in [0.15, 0.2) is 0 Å². The monoisotopic (exact) mass is 236 g/mol. The zero-order chi connectivity index (χ0) is 12.2. The van der Waals surface area contributed by atoms with Crippen LogP contribution < -0.4 is 0 Å². The summed E-state index contributed by atoms with van der Waals surface area (Å²) in [6.07, 6.45) is 0. The lowest BCUT2D eigenvalue weighted by molar-refractivity contribution is 0.508. The summed E-state index contributed by atoms with van der Waals surface area (Å²) in [5, 5.41) is 0. The number of hydrogen-bond donors (Lipinski definition) is 2. The molecule has 0 nitrogen and oxygen atoms in total. The average Bonchev–Trinajstić information content (AvgIpc) is 1.83. The maximum atomic E-state index is 4.35. The smallest absolute Gasteiger partial charge is 0.00960 e. The number of hydrogen-bond acceptors (Lipinski definition) is 2. The Bertz CT molecular complexity index is 117. The Morgan fingerprint density at radius 1 is 0.643 bits per heavy atom. The van der Waals surface area contributed by atoms with Crippen molar-refractivity contribution >= 4 is 25.3 Å². The summed E-state index contributed by atoms with van der Waals surface area (Å²) < 4.78 is 0.389. The highest BCUT2D eigenvalue weighted by Gasteiger charge is 2.15. The fourth-order valence-corrected chi connectivity index (χ4v) is 0. The van der Waals surface area contributed by atoms with Crippen LogP contribution in [0.4, 0.5) is 0 Å². The molecule has 0 N–H and O–H groups in total. The van der Waals surface area contributed by atoms with Crippen LogP contribution in [0, 0.1) is 11.8 Å². The minimum absolute atomic E-state index is 0.194. The van der Waals surface area contributed by atoms with Crippen LogP contribution in [0.3, 0.4) is 0 Å². The molecule has 0 radical (unpaired) electrons. The van der Waals surface area contributed by atoms with Crippen LogP contribution in [-0.2, 0) is 0 Å². The fraction of sp³-hybridized carbons (Fsp3) is 1.00. The Hall–Kier alpha value is 0.700. The SMILES string of the molecule is CC(C)C(C)(C)S.CC(C)C(C)(C)S. The van der Waals surface area contributed by atoms with Crippen molar-refractivity contribution in [2.45, 2.75) is 64.9 Å². The third-order valence-corrected chi connectivity index (χ3v) is 3.86. The molecule has 0 aromatic rings. The van der Waals surface area contributed by atoms with E-state index in [1.54, 1.807) is 0 Å². The molecular weight excluding hydrogens is 208 g/mol. The van der Waals surface area contributed by atoms with E-state index in [0.717, 1.165) is 0 Å². The van der Waals surface area contributed by atoms with Crippen LogP contribution in [-0.4, -0.2) is 9.49 Å². The van der Waals surface area contributed by atoms with Crippen molar-refractivity contribution in [3.8, 4) is 0 Å². The standard InChI is InChI=1S/2C6H14S/c2*1-5(2)6(3,4)7/h2*5,7H,1-4H3. The van der Waals surface area contributed by atoms with Gasteiger partial charge < -0.3 is 0 Å². The molecule has 0 atom stereocenters. The van der Waals surface area contributed by atoms with Crippen LogP contribution in [0.2, 0.25) is 0 Å². The predicted molar refractivity (Wildman–Crippen MR) is 75.8 cm³/mol. The normalized spacial score (nSPS) is 12.9. The van der Waals surface area contributed by atoms with Crippen molar-refractivity contribution < 1.29 is 0 Å². The number of rotatable bonds is 2. The fourth-order valence-electron chi connectivity index (χ4n) is 0. The molecule has 14 heavy (non-hydrogen) atoms. The Morgan fingerprint density at radius 3 is 0.714 bits per heavy atom. The summed E-state index contributed by atoms with van der Waals surface area (Å²) in [5.74, 6) is 1.33. The summed E-state index contributed by atoms with van der Waals surface area (Å²) >= 11 is 8.70. The van der Waals surface area contributed by atoms with Gasteiger partial charge in [0.15, 0.2) is 0 Å². The van der Waals surface area contributed by atoms with Crippen molar-refractivity contribution in [3.05, 3.63) is 0 Å². The number of thiol groups is 2. The molecule has 0 saturated heterocycles. The lowest BCUT2D eigenvalue weighted by atomic mass is 10.00. The van der Waals surface area contributed by atoms with Crippen molar-refractivity contribution in [2.24, 2.45) is 11.8 Å². The second kappa shape index (κ2) is 6.32. The molecule has 0 unspecified atom stereocenters. The first-order valence-corrected chi connectivity index (χ1v) is 6.23. The molecule has 0 aliphatic rings. The first-order valence-electron chi connectivity index (χ1n) is 5.33. The zero-order valence-electron chi connectivity index (χ0n) is 11.0. The molecule has 0 heterocycles. The van der Waals surface area contributed by atoms with E-state index in [1.807, 2.05) is 0 Å². The molecule has 0 aliphatic heterocycles. The minimum Gasteiger partial charge on any atom is -0.173 e. The molecule has 0 aliphatic carbocycles. The predicted octanol–water partition coefficient (Wildman–Crippen LogP) is 4.70. The highest BCUT2D eigenvalue weighted by Crippen LogP contribution is 2.22. The largest absolute Gasteiger partial charge is 0.173 e. The van der Waals surface area contributed by atoms with Crippen molar-refractivity contribution in [2.75, 3.05) is 0 Å². The van der Waals surface area contributed by atoms with E-state index in [0.29, 0.717) is 11.8 Å². The van der Waals surface area contributed by atoms with E-state index < -0.39 is 0 Å². The molecular formula is C12H28S2. The van der Waals surface area contributed by atoms with Gasteiger partial charge in [0.2, 0.25) is 0 Å². The summed E-state index contributed by atoms with van der Waals surface area (Å²) in [7, 11) is 0. The third kappa shape index (κ3) is 10.8. The maximum Gasteiger partial charge on any atom is 0.00960 e. The van der Waals surface area contributed by atoms with E-state index in [-0.39, 0.29) is 9.49 Å². The van der Waals surface area contributed by atoms with Crippen LogP contribution in [0.1, 0.15) is 55.4 Å². The molecule has 2 heteroatoms. The van der Waals surface area contributed by atoms with E-state index in [2.05, 4.69) is 80.6 Å². The highest BCUT2D eigenvalue weighted by molar-refractivity contribution is 7.82. The van der Waals surface area contributed by atoms with Gasteiger partial charge in [0.05, 0.1) is 0 Å². The second-order valence-electron chi connectivity index (χ2n) is 5.62. The Labute approximate surface area is 102 Å². The van der Waals surface area contributed by atoms with E-state index in [1.165, 1.54) is 0 Å². The van der Waals surface area contributed by atoms with Gasteiger partial charge in [-0.3, -0.25) is 0 Å². The van der Waals surface area contributed by atoms with Gasteiger partial charge in [-0.05, 0) is 11.8 Å². The van der Waals surface area contributed by atoms with Crippen LogP contribution >= 0.6 is 25.3 Å². The average molecular weight is 236 g/mol. The van der Waals surface area contributed by atoms with Gasteiger partial charge >= 0.3 is 0 Å². The molecule has 0 rings (SSSR count). The Morgan fingerprint density at radius 2 is 0.714 bits per heavy atom. The van der Waals surface area contributed by atoms with Gasteiger partial charge in [0.1, 0.15) is 0 Å². The molecule has 0 fully saturated rings. The summed E-state index contributed by atoms with van der Waals surface area (Å²) in [5.41, 5.74) is 0. The van der Waals surface area contributed by atoms with Gasteiger partial charge in [0, 0.05) is 9.49 Å². The highest BCUT2D eigenvalue weighted by atomic mass is 32.1. The first kappa shape index (κ1) is 17.1. The molecule has 0 spiro atoms. The lowest BCUT2D eigenvalue weighted by Crippen LogP contribution is -2.18. The third-order valence-electron chi connectivity index (χ3n) is 2.83. The van der Waals surface area contributed by atoms with Crippen molar-refractivity contribution in [1.29, 1.82) is 0 Å². The summed E-state index contributed by atoms with van der Waals surface area (Å²) in [4.78, 5) is 0. The first-order chi connectivity index (χ1) is 5.89. The van der Waals surface area contributed by atoms with Gasteiger partial charge in [-0.25, -0.2) is 0 Å². The molecule has 0 aromatic heterocycles. The minimum atomic E-state index is 0.194. The summed E-state index contributed by atoms with van der Waals surface area (Å²) in [6.45, 7) is 17.2. The Balaban J connectivity index is 0. The lowest BCUT2D eigenvalue weighted by Gasteiger charge is -2.21. The van der Waals surface area contributed by atoms with Crippen molar-refractivity contribution in [1.82, 2.24) is 0 Å². The molecule has 88 valence electrons. The molecule has 0 aromatic carbocycles. The van der Waals surface area contributed by atoms with E-state index in [4.69, 9.17) is 0 Å². The van der Waals surface area contributed by atoms with Gasteiger partial charge in [-0.15, -0.1) is 0 Å². The quantitative estimate of drug-likeness (QED) is 0.638. The van der Waals surface area contributed by atoms with Crippen molar-refractivity contribution in [3.63, 3.8) is 0 Å². The van der Waals surface area contributed by atoms with Gasteiger partial charge in [-0.1, -0.05) is 55.4 Å². The van der Waals surface area contributed by atoms with E-state index >= 15 is 0 Å². The zero-order valence-corrected chi connectivity index (χ0v) is 12.8. The van der Waals surface area contributed by atoms with Crippen LogP contribution in [0.5, 0.6) is 0 Å². The second-order valence-corrected chi connectivity index (χ2v) is 7.92.